The van der Waals surface area contributed by atoms with Gasteiger partial charge in [-0.15, -0.1) is 6.42 Å². The molecule has 0 aromatic carbocycles. The monoisotopic (exact) mass is 240 g/mol. The van der Waals surface area contributed by atoms with Crippen molar-refractivity contribution in [1.82, 2.24) is 4.98 Å². The van der Waals surface area contributed by atoms with Gasteiger partial charge in [0.05, 0.1) is 16.4 Å². The maximum atomic E-state index is 5.50. The Bertz CT molecular complexity index is 346. The summed E-state index contributed by atoms with van der Waals surface area (Å²) in [6, 6.07) is 1.71. The number of aromatic nitrogens is 1. The van der Waals surface area contributed by atoms with Gasteiger partial charge in [0.1, 0.15) is 0 Å². The van der Waals surface area contributed by atoms with E-state index in [0.29, 0.717) is 16.0 Å². The molecule has 1 aromatic heterocycles. The third kappa shape index (κ3) is 2.63. The van der Waals surface area contributed by atoms with Crippen LogP contribution in [0.3, 0.4) is 0 Å². The lowest BCUT2D eigenvalue weighted by Crippen LogP contribution is -2.09. The van der Waals surface area contributed by atoms with Crippen molar-refractivity contribution in [3.05, 3.63) is 16.7 Å². The number of hydrogen-bond acceptors (Lipinski definition) is 3. The Morgan fingerprint density at radius 2 is 2.46 bits per heavy atom. The van der Waals surface area contributed by atoms with E-state index in [1.165, 1.54) is 6.20 Å². The largest absolute Gasteiger partial charge is 0.461 e. The molecule has 13 heavy (non-hydrogen) atoms. The topological polar surface area (TPSA) is 48.1 Å². The number of hydrogen-bond donors (Lipinski definition) is 1. The van der Waals surface area contributed by atoms with Crippen LogP contribution in [-0.4, -0.2) is 11.1 Å². The van der Waals surface area contributed by atoms with Crippen LogP contribution in [0.2, 0.25) is 0 Å². The molecule has 0 saturated heterocycles. The first kappa shape index (κ1) is 9.87. The predicted octanol–water partition coefficient (Wildman–Crippen LogP) is 1.83. The lowest BCUT2D eigenvalue weighted by molar-refractivity contribution is 0.266. The molecular weight excluding hydrogens is 232 g/mol. The zero-order chi connectivity index (χ0) is 9.84. The Hall–Kier alpha value is -1.21. The van der Waals surface area contributed by atoms with Crippen LogP contribution >= 0.6 is 15.9 Å². The van der Waals surface area contributed by atoms with Crippen molar-refractivity contribution in [2.24, 2.45) is 0 Å². The molecular formula is C9H9BrN2O. The second-order valence-corrected chi connectivity index (χ2v) is 3.34. The highest BCUT2D eigenvalue weighted by Gasteiger charge is 2.05. The van der Waals surface area contributed by atoms with Gasteiger partial charge in [-0.1, -0.05) is 5.92 Å². The number of pyridine rings is 1. The number of rotatable bonds is 2. The molecule has 0 aliphatic heterocycles. The number of nitrogens with two attached hydrogens (primary N) is 1. The number of terminal acetylenes is 1. The Kier molecular flexibility index (Phi) is 3.15. The van der Waals surface area contributed by atoms with E-state index in [1.807, 2.05) is 0 Å². The SMILES string of the molecule is C#CC(C)Oc1ncc(N)cc1Br. The summed E-state index contributed by atoms with van der Waals surface area (Å²) in [5.41, 5.74) is 6.08. The molecule has 0 aliphatic rings. The first-order valence-corrected chi connectivity index (χ1v) is 4.46. The van der Waals surface area contributed by atoms with Gasteiger partial charge in [0.2, 0.25) is 5.88 Å². The highest BCUT2D eigenvalue weighted by atomic mass is 79.9. The fourth-order valence-electron chi connectivity index (χ4n) is 0.728. The Morgan fingerprint density at radius 1 is 1.77 bits per heavy atom. The van der Waals surface area contributed by atoms with Crippen LogP contribution in [0.5, 0.6) is 5.88 Å². The lowest BCUT2D eigenvalue weighted by Gasteiger charge is -2.09. The van der Waals surface area contributed by atoms with Crippen LogP contribution in [0.4, 0.5) is 5.69 Å². The second kappa shape index (κ2) is 4.15. The minimum absolute atomic E-state index is 0.299. The average Bonchev–Trinajstić information content (AvgIpc) is 2.09. The Labute approximate surface area is 85.4 Å². The molecule has 0 spiro atoms. The van der Waals surface area contributed by atoms with E-state index in [4.69, 9.17) is 16.9 Å². The molecule has 0 aliphatic carbocycles. The standard InChI is InChI=1S/C9H9BrN2O/c1-3-6(2)13-9-8(10)4-7(11)5-12-9/h1,4-6H,11H2,2H3. The maximum Gasteiger partial charge on any atom is 0.229 e. The van der Waals surface area contributed by atoms with Crippen molar-refractivity contribution >= 4 is 21.6 Å². The molecule has 3 nitrogen and oxygen atoms in total. The molecule has 1 unspecified atom stereocenters. The molecule has 68 valence electrons. The van der Waals surface area contributed by atoms with Crippen LogP contribution in [-0.2, 0) is 0 Å². The summed E-state index contributed by atoms with van der Waals surface area (Å²) in [7, 11) is 0. The van der Waals surface area contributed by atoms with Gasteiger partial charge < -0.3 is 10.5 Å². The molecule has 1 atom stereocenters. The quantitative estimate of drug-likeness (QED) is 0.803. The van der Waals surface area contributed by atoms with Crippen LogP contribution in [0.15, 0.2) is 16.7 Å². The first-order chi connectivity index (χ1) is 6.13. The number of nitrogens with zero attached hydrogens (tertiary/aromatic N) is 1. The van der Waals surface area contributed by atoms with Crippen LogP contribution < -0.4 is 10.5 Å². The summed E-state index contributed by atoms with van der Waals surface area (Å²) in [6.45, 7) is 1.77. The van der Waals surface area contributed by atoms with Crippen molar-refractivity contribution in [3.63, 3.8) is 0 Å². The smallest absolute Gasteiger partial charge is 0.229 e. The van der Waals surface area contributed by atoms with Gasteiger partial charge in [0.15, 0.2) is 6.10 Å². The van der Waals surface area contributed by atoms with Crippen LogP contribution in [0.1, 0.15) is 6.92 Å². The van der Waals surface area contributed by atoms with E-state index >= 15 is 0 Å². The zero-order valence-electron chi connectivity index (χ0n) is 7.12. The van der Waals surface area contributed by atoms with Gasteiger partial charge in [-0.05, 0) is 28.9 Å². The minimum atomic E-state index is -0.299. The van der Waals surface area contributed by atoms with E-state index in [0.717, 1.165) is 0 Å². The fraction of sp³-hybridized carbons (Fsp3) is 0.222. The van der Waals surface area contributed by atoms with Crippen molar-refractivity contribution in [3.8, 4) is 18.2 Å². The fourth-order valence-corrected chi connectivity index (χ4v) is 1.19. The molecule has 1 rings (SSSR count). The summed E-state index contributed by atoms with van der Waals surface area (Å²) in [5.74, 6) is 2.90. The van der Waals surface area contributed by atoms with Gasteiger partial charge in [-0.3, -0.25) is 0 Å². The summed E-state index contributed by atoms with van der Waals surface area (Å²) < 4.78 is 6.00. The zero-order valence-corrected chi connectivity index (χ0v) is 8.71. The molecule has 0 bridgehead atoms. The maximum absolute atomic E-state index is 5.50. The van der Waals surface area contributed by atoms with Crippen molar-refractivity contribution in [2.75, 3.05) is 5.73 Å². The van der Waals surface area contributed by atoms with Crippen LogP contribution in [0, 0.1) is 12.3 Å². The van der Waals surface area contributed by atoms with Gasteiger partial charge in [-0.2, -0.15) is 0 Å². The summed E-state index contributed by atoms with van der Waals surface area (Å²) in [6.07, 6.45) is 6.38. The summed E-state index contributed by atoms with van der Waals surface area (Å²) in [5, 5.41) is 0. The van der Waals surface area contributed by atoms with Crippen molar-refractivity contribution in [1.29, 1.82) is 0 Å². The molecule has 0 radical (unpaired) electrons. The summed E-state index contributed by atoms with van der Waals surface area (Å²) >= 11 is 3.27. The van der Waals surface area contributed by atoms with E-state index < -0.39 is 0 Å². The van der Waals surface area contributed by atoms with Gasteiger partial charge >= 0.3 is 0 Å². The third-order valence-corrected chi connectivity index (χ3v) is 1.92. The van der Waals surface area contributed by atoms with E-state index in [-0.39, 0.29) is 6.10 Å². The lowest BCUT2D eigenvalue weighted by atomic mass is 10.4. The van der Waals surface area contributed by atoms with Crippen molar-refractivity contribution in [2.45, 2.75) is 13.0 Å². The number of halogens is 1. The molecule has 2 N–H and O–H groups in total. The number of nitrogen functional groups attached to an aromatic ring is 1. The summed E-state index contributed by atoms with van der Waals surface area (Å²) in [4.78, 5) is 3.98. The van der Waals surface area contributed by atoms with Gasteiger partial charge in [-0.25, -0.2) is 4.98 Å². The molecule has 0 saturated carbocycles. The number of ether oxygens (including phenoxy) is 1. The molecule has 1 heterocycles. The normalized spacial score (nSPS) is 11.8. The van der Waals surface area contributed by atoms with Gasteiger partial charge in [0.25, 0.3) is 0 Å². The second-order valence-electron chi connectivity index (χ2n) is 2.48. The molecule has 1 aromatic rings. The highest BCUT2D eigenvalue weighted by Crippen LogP contribution is 2.24. The Morgan fingerprint density at radius 3 is 3.00 bits per heavy atom. The average molecular weight is 241 g/mol. The highest BCUT2D eigenvalue weighted by molar-refractivity contribution is 9.10. The van der Waals surface area contributed by atoms with Crippen LogP contribution in [0.25, 0.3) is 0 Å². The van der Waals surface area contributed by atoms with Gasteiger partial charge in [0, 0.05) is 0 Å². The first-order valence-electron chi connectivity index (χ1n) is 3.67. The molecule has 4 heteroatoms. The predicted molar refractivity (Wildman–Crippen MR) is 55.3 cm³/mol. The molecule has 0 amide bonds. The molecule has 0 fully saturated rings. The van der Waals surface area contributed by atoms with E-state index in [2.05, 4.69) is 26.8 Å². The van der Waals surface area contributed by atoms with E-state index in [9.17, 15) is 0 Å². The van der Waals surface area contributed by atoms with Crippen molar-refractivity contribution < 1.29 is 4.74 Å². The minimum Gasteiger partial charge on any atom is -0.461 e. The Balaban J connectivity index is 2.85. The number of anilines is 1. The third-order valence-electron chi connectivity index (χ3n) is 1.35. The van der Waals surface area contributed by atoms with E-state index in [1.54, 1.807) is 13.0 Å².